The van der Waals surface area contributed by atoms with Crippen molar-refractivity contribution in [3.05, 3.63) is 29.8 Å². The molecule has 0 aliphatic rings. The lowest BCUT2D eigenvalue weighted by molar-refractivity contribution is 0.475. The third-order valence-electron chi connectivity index (χ3n) is 1.62. The largest absolute Gasteiger partial charge is 0.508 e. The SMILES string of the molecule is N[C@@H](C[C]=O)c1ccc(O)cc1. The van der Waals surface area contributed by atoms with Crippen LogP contribution < -0.4 is 5.73 Å². The second-order valence-electron chi connectivity index (χ2n) is 2.55. The summed E-state index contributed by atoms with van der Waals surface area (Å²) < 4.78 is 0. The molecular weight excluding hydrogens is 154 g/mol. The molecule has 0 saturated carbocycles. The summed E-state index contributed by atoms with van der Waals surface area (Å²) in [5.41, 5.74) is 6.44. The van der Waals surface area contributed by atoms with E-state index in [1.165, 1.54) is 0 Å². The molecule has 0 spiro atoms. The van der Waals surface area contributed by atoms with Crippen molar-refractivity contribution in [2.75, 3.05) is 0 Å². The van der Waals surface area contributed by atoms with Crippen molar-refractivity contribution >= 4 is 6.29 Å². The van der Waals surface area contributed by atoms with Gasteiger partial charge in [-0.05, 0) is 17.7 Å². The van der Waals surface area contributed by atoms with Gasteiger partial charge in [-0.2, -0.15) is 0 Å². The van der Waals surface area contributed by atoms with Gasteiger partial charge < -0.3 is 10.8 Å². The van der Waals surface area contributed by atoms with Crippen molar-refractivity contribution in [3.63, 3.8) is 0 Å². The molecule has 0 unspecified atom stereocenters. The molecule has 12 heavy (non-hydrogen) atoms. The van der Waals surface area contributed by atoms with Gasteiger partial charge in [0.25, 0.3) is 0 Å². The lowest BCUT2D eigenvalue weighted by atomic mass is 10.1. The maximum atomic E-state index is 10.0. The molecule has 63 valence electrons. The standard InChI is InChI=1S/C9H10NO2/c10-9(5-6-11)7-1-3-8(12)4-2-7/h1-4,9,12H,5,10H2/t9-/m0/s1. The fourth-order valence-electron chi connectivity index (χ4n) is 0.929. The molecule has 0 bridgehead atoms. The molecule has 1 radical (unpaired) electrons. The first-order valence-corrected chi connectivity index (χ1v) is 3.63. The van der Waals surface area contributed by atoms with E-state index in [4.69, 9.17) is 10.8 Å². The zero-order valence-electron chi connectivity index (χ0n) is 6.53. The molecule has 0 amide bonds. The minimum atomic E-state index is -0.317. The number of carbonyl (C=O) groups excluding carboxylic acids is 1. The van der Waals surface area contributed by atoms with Gasteiger partial charge in [0.05, 0.1) is 0 Å². The predicted octanol–water partition coefficient (Wildman–Crippen LogP) is 0.892. The van der Waals surface area contributed by atoms with Crippen molar-refractivity contribution in [1.29, 1.82) is 0 Å². The Labute approximate surface area is 70.8 Å². The van der Waals surface area contributed by atoms with E-state index in [2.05, 4.69) is 0 Å². The number of aromatic hydroxyl groups is 1. The van der Waals surface area contributed by atoms with E-state index in [-0.39, 0.29) is 18.2 Å². The van der Waals surface area contributed by atoms with Gasteiger partial charge in [-0.3, -0.25) is 4.79 Å². The van der Waals surface area contributed by atoms with Crippen molar-refractivity contribution in [2.24, 2.45) is 5.73 Å². The average molecular weight is 164 g/mol. The number of hydrogen-bond donors (Lipinski definition) is 2. The first-order chi connectivity index (χ1) is 5.74. The molecule has 1 rings (SSSR count). The highest BCUT2D eigenvalue weighted by atomic mass is 16.3. The van der Waals surface area contributed by atoms with Crippen molar-refractivity contribution in [2.45, 2.75) is 12.5 Å². The maximum Gasteiger partial charge on any atom is 0.200 e. The van der Waals surface area contributed by atoms with Gasteiger partial charge in [0.2, 0.25) is 0 Å². The summed E-state index contributed by atoms with van der Waals surface area (Å²) in [5.74, 6) is 0.195. The highest BCUT2D eigenvalue weighted by Crippen LogP contribution is 2.16. The molecular formula is C9H10NO2. The topological polar surface area (TPSA) is 63.3 Å². The molecule has 1 aromatic rings. The van der Waals surface area contributed by atoms with E-state index in [9.17, 15) is 4.79 Å². The van der Waals surface area contributed by atoms with Crippen LogP contribution in [-0.4, -0.2) is 11.4 Å². The first-order valence-electron chi connectivity index (χ1n) is 3.63. The van der Waals surface area contributed by atoms with Crippen molar-refractivity contribution in [1.82, 2.24) is 0 Å². The summed E-state index contributed by atoms with van der Waals surface area (Å²) in [6.07, 6.45) is 1.93. The van der Waals surface area contributed by atoms with Crippen LogP contribution in [-0.2, 0) is 4.79 Å². The second kappa shape index (κ2) is 3.88. The van der Waals surface area contributed by atoms with E-state index in [1.54, 1.807) is 30.6 Å². The first kappa shape index (κ1) is 8.74. The Hall–Kier alpha value is -1.35. The third-order valence-corrected chi connectivity index (χ3v) is 1.62. The Balaban J connectivity index is 2.74. The lowest BCUT2D eigenvalue weighted by Crippen LogP contribution is -2.10. The molecule has 0 aliphatic heterocycles. The minimum absolute atomic E-state index is 0.185. The lowest BCUT2D eigenvalue weighted by Gasteiger charge is -2.06. The van der Waals surface area contributed by atoms with E-state index in [0.717, 1.165) is 5.56 Å². The molecule has 0 aliphatic carbocycles. The summed E-state index contributed by atoms with van der Waals surface area (Å²) in [6.45, 7) is 0. The monoisotopic (exact) mass is 164 g/mol. The van der Waals surface area contributed by atoms with Crippen LogP contribution in [0, 0.1) is 0 Å². The van der Waals surface area contributed by atoms with Crippen LogP contribution >= 0.6 is 0 Å². The zero-order valence-corrected chi connectivity index (χ0v) is 6.53. The van der Waals surface area contributed by atoms with Crippen LogP contribution in [0.25, 0.3) is 0 Å². The Morgan fingerprint density at radius 3 is 2.50 bits per heavy atom. The Kier molecular flexibility index (Phi) is 2.82. The summed E-state index contributed by atoms with van der Waals surface area (Å²) in [7, 11) is 0. The van der Waals surface area contributed by atoms with Gasteiger partial charge in [0.1, 0.15) is 5.75 Å². The molecule has 3 heteroatoms. The predicted molar refractivity (Wildman–Crippen MR) is 45.3 cm³/mol. The van der Waals surface area contributed by atoms with Gasteiger partial charge in [0.15, 0.2) is 6.29 Å². The van der Waals surface area contributed by atoms with Crippen LogP contribution in [0.5, 0.6) is 5.75 Å². The van der Waals surface area contributed by atoms with E-state index >= 15 is 0 Å². The second-order valence-corrected chi connectivity index (χ2v) is 2.55. The summed E-state index contributed by atoms with van der Waals surface area (Å²) in [4.78, 5) is 10.0. The van der Waals surface area contributed by atoms with E-state index in [1.807, 2.05) is 0 Å². The van der Waals surface area contributed by atoms with Crippen LogP contribution in [0.3, 0.4) is 0 Å². The quantitative estimate of drug-likeness (QED) is 0.697. The van der Waals surface area contributed by atoms with Gasteiger partial charge in [-0.25, -0.2) is 0 Å². The number of benzene rings is 1. The van der Waals surface area contributed by atoms with Crippen molar-refractivity contribution < 1.29 is 9.90 Å². The summed E-state index contributed by atoms with van der Waals surface area (Å²) in [5, 5.41) is 8.95. The average Bonchev–Trinajstić information content (AvgIpc) is 2.06. The molecule has 0 saturated heterocycles. The highest BCUT2D eigenvalue weighted by molar-refractivity contribution is 5.52. The molecule has 0 aromatic heterocycles. The fourth-order valence-corrected chi connectivity index (χ4v) is 0.929. The Morgan fingerprint density at radius 2 is 2.00 bits per heavy atom. The number of phenols is 1. The molecule has 0 heterocycles. The van der Waals surface area contributed by atoms with Crippen LogP contribution in [0.1, 0.15) is 18.0 Å². The molecule has 0 fully saturated rings. The molecule has 3 nitrogen and oxygen atoms in total. The van der Waals surface area contributed by atoms with Gasteiger partial charge >= 0.3 is 0 Å². The van der Waals surface area contributed by atoms with E-state index in [0.29, 0.717) is 0 Å². The highest BCUT2D eigenvalue weighted by Gasteiger charge is 2.04. The zero-order chi connectivity index (χ0) is 8.97. The number of hydrogen-bond acceptors (Lipinski definition) is 3. The molecule has 1 aromatic carbocycles. The summed E-state index contributed by atoms with van der Waals surface area (Å²) in [6, 6.07) is 6.15. The van der Waals surface area contributed by atoms with Crippen LogP contribution in [0.2, 0.25) is 0 Å². The van der Waals surface area contributed by atoms with E-state index < -0.39 is 0 Å². The maximum absolute atomic E-state index is 10.0. The van der Waals surface area contributed by atoms with Crippen LogP contribution in [0.4, 0.5) is 0 Å². The van der Waals surface area contributed by atoms with Gasteiger partial charge in [-0.1, -0.05) is 12.1 Å². The van der Waals surface area contributed by atoms with Crippen molar-refractivity contribution in [3.8, 4) is 5.75 Å². The fraction of sp³-hybridized carbons (Fsp3) is 0.222. The number of phenolic OH excluding ortho intramolecular Hbond substituents is 1. The number of rotatable bonds is 3. The third kappa shape index (κ3) is 2.07. The van der Waals surface area contributed by atoms with Gasteiger partial charge in [-0.15, -0.1) is 0 Å². The minimum Gasteiger partial charge on any atom is -0.508 e. The van der Waals surface area contributed by atoms with Crippen LogP contribution in [0.15, 0.2) is 24.3 Å². The normalized spacial score (nSPS) is 12.4. The summed E-state index contributed by atoms with van der Waals surface area (Å²) >= 11 is 0. The molecule has 1 atom stereocenters. The smallest absolute Gasteiger partial charge is 0.200 e. The number of nitrogens with two attached hydrogens (primary N) is 1. The molecule has 3 N–H and O–H groups in total. The van der Waals surface area contributed by atoms with Gasteiger partial charge in [0, 0.05) is 12.5 Å². The Bertz CT molecular complexity index is 256. The Morgan fingerprint density at radius 1 is 1.42 bits per heavy atom.